The van der Waals surface area contributed by atoms with E-state index in [0.717, 1.165) is 0 Å². The van der Waals surface area contributed by atoms with Crippen molar-refractivity contribution in [3.63, 3.8) is 0 Å². The van der Waals surface area contributed by atoms with E-state index in [1.54, 1.807) is 0 Å². The molecule has 1 aliphatic rings. The molecule has 0 N–H and O–H groups in total. The molecule has 0 aliphatic heterocycles. The molecular weight excluding hydrogens is 324 g/mol. The molecule has 0 heterocycles. The molecule has 1 aliphatic carbocycles. The Balaban J connectivity index is 1.86. The second-order valence-electron chi connectivity index (χ2n) is 7.46. The maximum atomic E-state index is 2.30. The molecule has 0 bridgehead atoms. The lowest BCUT2D eigenvalue weighted by molar-refractivity contribution is 0.998. The summed E-state index contributed by atoms with van der Waals surface area (Å²) >= 11 is 0. The van der Waals surface area contributed by atoms with Crippen LogP contribution in [0.1, 0.15) is 33.7 Å². The molecule has 4 aromatic rings. The molecule has 1 unspecified atom stereocenters. The number of hydrogen-bond donors (Lipinski definition) is 0. The number of hydrogen-bond acceptors (Lipinski definition) is 0. The van der Waals surface area contributed by atoms with Gasteiger partial charge in [-0.25, -0.2) is 0 Å². The van der Waals surface area contributed by atoms with Crippen molar-refractivity contribution in [2.24, 2.45) is 0 Å². The van der Waals surface area contributed by atoms with Crippen LogP contribution in [0, 0.1) is 13.8 Å². The van der Waals surface area contributed by atoms with Crippen LogP contribution in [0.3, 0.4) is 0 Å². The minimum atomic E-state index is 0.285. The van der Waals surface area contributed by atoms with Crippen LogP contribution >= 0.6 is 0 Å². The fourth-order valence-electron chi connectivity index (χ4n) is 4.60. The van der Waals surface area contributed by atoms with Crippen LogP contribution in [0.15, 0.2) is 91.0 Å². The lowest BCUT2D eigenvalue weighted by Crippen LogP contribution is -2.03. The minimum Gasteiger partial charge on any atom is -0.0620 e. The molecule has 0 heteroatoms. The van der Waals surface area contributed by atoms with Gasteiger partial charge in [0.25, 0.3) is 0 Å². The second kappa shape index (κ2) is 6.25. The average molecular weight is 346 g/mol. The molecule has 5 rings (SSSR count). The fourth-order valence-corrected chi connectivity index (χ4v) is 4.60. The maximum absolute atomic E-state index is 2.30. The average Bonchev–Trinajstić information content (AvgIpc) is 3.04. The molecule has 27 heavy (non-hydrogen) atoms. The van der Waals surface area contributed by atoms with Crippen molar-refractivity contribution in [3.05, 3.63) is 119 Å². The molecule has 0 fully saturated rings. The van der Waals surface area contributed by atoms with Crippen LogP contribution in [-0.2, 0) is 0 Å². The largest absolute Gasteiger partial charge is 0.0620 e. The highest BCUT2D eigenvalue weighted by Gasteiger charge is 2.32. The van der Waals surface area contributed by atoms with E-state index >= 15 is 0 Å². The van der Waals surface area contributed by atoms with Gasteiger partial charge in [0, 0.05) is 5.92 Å². The highest BCUT2D eigenvalue weighted by molar-refractivity contribution is 5.88. The van der Waals surface area contributed by atoms with E-state index in [4.69, 9.17) is 0 Å². The van der Waals surface area contributed by atoms with Gasteiger partial charge in [0.2, 0.25) is 0 Å². The maximum Gasteiger partial charge on any atom is 0.0361 e. The van der Waals surface area contributed by atoms with Crippen molar-refractivity contribution in [3.8, 4) is 22.3 Å². The summed E-state index contributed by atoms with van der Waals surface area (Å²) < 4.78 is 0. The lowest BCUT2D eigenvalue weighted by atomic mass is 9.82. The van der Waals surface area contributed by atoms with E-state index in [1.165, 1.54) is 50.1 Å². The van der Waals surface area contributed by atoms with E-state index < -0.39 is 0 Å². The molecule has 0 amide bonds. The van der Waals surface area contributed by atoms with Crippen molar-refractivity contribution >= 4 is 0 Å². The van der Waals surface area contributed by atoms with Gasteiger partial charge >= 0.3 is 0 Å². The van der Waals surface area contributed by atoms with Gasteiger partial charge in [0.15, 0.2) is 0 Å². The van der Waals surface area contributed by atoms with Crippen molar-refractivity contribution in [2.45, 2.75) is 19.8 Å². The van der Waals surface area contributed by atoms with Gasteiger partial charge in [0.1, 0.15) is 0 Å². The summed E-state index contributed by atoms with van der Waals surface area (Å²) in [6.45, 7) is 4.44. The zero-order valence-electron chi connectivity index (χ0n) is 15.7. The van der Waals surface area contributed by atoms with Gasteiger partial charge in [-0.2, -0.15) is 0 Å². The van der Waals surface area contributed by atoms with Crippen LogP contribution in [0.4, 0.5) is 0 Å². The third-order valence-corrected chi connectivity index (χ3v) is 5.89. The third-order valence-electron chi connectivity index (χ3n) is 5.89. The summed E-state index contributed by atoms with van der Waals surface area (Å²) in [4.78, 5) is 0. The number of benzene rings is 4. The number of rotatable bonds is 2. The second-order valence-corrected chi connectivity index (χ2v) is 7.46. The molecule has 130 valence electrons. The minimum absolute atomic E-state index is 0.285. The van der Waals surface area contributed by atoms with Crippen molar-refractivity contribution in [1.29, 1.82) is 0 Å². The Labute approximate surface area is 161 Å². The molecule has 0 saturated carbocycles. The first-order chi connectivity index (χ1) is 13.3. The molecule has 4 aromatic carbocycles. The highest BCUT2D eigenvalue weighted by atomic mass is 14.3. The summed E-state index contributed by atoms with van der Waals surface area (Å²) in [6, 6.07) is 33.2. The van der Waals surface area contributed by atoms with E-state index in [2.05, 4.69) is 105 Å². The predicted octanol–water partition coefficient (Wildman–Crippen LogP) is 7.13. The summed E-state index contributed by atoms with van der Waals surface area (Å²) in [5.74, 6) is 0.285. The Morgan fingerprint density at radius 2 is 0.963 bits per heavy atom. The fraction of sp³-hybridized carbons (Fsp3) is 0.111. The molecule has 0 spiro atoms. The van der Waals surface area contributed by atoms with E-state index in [1.807, 2.05) is 0 Å². The van der Waals surface area contributed by atoms with Gasteiger partial charge in [-0.15, -0.1) is 0 Å². The highest BCUT2D eigenvalue weighted by Crippen LogP contribution is 2.52. The normalized spacial score (nSPS) is 14.7. The Morgan fingerprint density at radius 1 is 0.444 bits per heavy atom. The van der Waals surface area contributed by atoms with Gasteiger partial charge in [-0.1, -0.05) is 91.0 Å². The van der Waals surface area contributed by atoms with E-state index in [0.29, 0.717) is 0 Å². The van der Waals surface area contributed by atoms with Gasteiger partial charge < -0.3 is 0 Å². The van der Waals surface area contributed by atoms with Gasteiger partial charge in [0.05, 0.1) is 0 Å². The molecule has 0 radical (unpaired) electrons. The molecule has 0 saturated heterocycles. The van der Waals surface area contributed by atoms with Crippen LogP contribution < -0.4 is 0 Å². The monoisotopic (exact) mass is 346 g/mol. The summed E-state index contributed by atoms with van der Waals surface area (Å²) in [7, 11) is 0. The number of fused-ring (bicyclic) bond motifs is 3. The third kappa shape index (κ3) is 2.44. The molecular formula is C27H22. The van der Waals surface area contributed by atoms with Crippen molar-refractivity contribution < 1.29 is 0 Å². The Bertz CT molecular complexity index is 1150. The first-order valence-corrected chi connectivity index (χ1v) is 9.59. The molecule has 0 aromatic heterocycles. The summed E-state index contributed by atoms with van der Waals surface area (Å²) in [5.41, 5.74) is 12.4. The zero-order chi connectivity index (χ0) is 18.4. The Hall–Kier alpha value is -3.12. The summed E-state index contributed by atoms with van der Waals surface area (Å²) in [6.07, 6.45) is 0. The zero-order valence-corrected chi connectivity index (χ0v) is 15.7. The topological polar surface area (TPSA) is 0 Å². The standard InChI is InChI=1S/C27H22/c1-18-10-3-5-12-20(18)23-16-9-17-25-22-14-7-8-15-24(22)26(27(23)25)21-13-6-4-11-19(21)2/h3-17,26H,1-2H3. The van der Waals surface area contributed by atoms with E-state index in [9.17, 15) is 0 Å². The van der Waals surface area contributed by atoms with Gasteiger partial charge in [-0.05, 0) is 63.9 Å². The quantitative estimate of drug-likeness (QED) is 0.319. The SMILES string of the molecule is Cc1ccccc1-c1cccc2c1C(c1ccccc1C)c1ccccc1-2. The van der Waals surface area contributed by atoms with Gasteiger partial charge in [-0.3, -0.25) is 0 Å². The van der Waals surface area contributed by atoms with Crippen molar-refractivity contribution in [2.75, 3.05) is 0 Å². The summed E-state index contributed by atoms with van der Waals surface area (Å²) in [5, 5.41) is 0. The Kier molecular flexibility index (Phi) is 3.72. The Morgan fingerprint density at radius 3 is 1.67 bits per heavy atom. The van der Waals surface area contributed by atoms with Crippen molar-refractivity contribution in [1.82, 2.24) is 0 Å². The van der Waals surface area contributed by atoms with Crippen LogP contribution in [-0.4, -0.2) is 0 Å². The molecule has 0 nitrogen and oxygen atoms in total. The van der Waals surface area contributed by atoms with Crippen LogP contribution in [0.5, 0.6) is 0 Å². The number of aryl methyl sites for hydroxylation is 2. The van der Waals surface area contributed by atoms with Crippen LogP contribution in [0.2, 0.25) is 0 Å². The molecule has 1 atom stereocenters. The van der Waals surface area contributed by atoms with Crippen LogP contribution in [0.25, 0.3) is 22.3 Å². The van der Waals surface area contributed by atoms with E-state index in [-0.39, 0.29) is 5.92 Å². The lowest BCUT2D eigenvalue weighted by Gasteiger charge is -2.20. The first kappa shape index (κ1) is 16.1. The first-order valence-electron chi connectivity index (χ1n) is 9.59. The predicted molar refractivity (Wildman–Crippen MR) is 114 cm³/mol. The smallest absolute Gasteiger partial charge is 0.0361 e.